The second-order valence-electron chi connectivity index (χ2n) is 23.1. The molecular formula is C69H67ClF9N15O9S3. The number of hydrogen-bond acceptors (Lipinski definition) is 18. The first-order chi connectivity index (χ1) is 50.1. The summed E-state index contributed by atoms with van der Waals surface area (Å²) >= 11 is 5.64. The van der Waals surface area contributed by atoms with E-state index in [-0.39, 0.29) is 77.6 Å². The topological polar surface area (TPSA) is 324 Å². The van der Waals surface area contributed by atoms with Gasteiger partial charge in [-0.25, -0.2) is 54.4 Å². The minimum absolute atomic E-state index is 0.0189. The fourth-order valence-corrected chi connectivity index (χ4v) is 13.6. The molecule has 0 radical (unpaired) electrons. The van der Waals surface area contributed by atoms with E-state index in [9.17, 15) is 79.2 Å². The second kappa shape index (κ2) is 33.6. The van der Waals surface area contributed by atoms with E-state index in [0.717, 1.165) is 66.8 Å². The Kier molecular flexibility index (Phi) is 25.2. The summed E-state index contributed by atoms with van der Waals surface area (Å²) in [7, 11) is -8.06. The summed E-state index contributed by atoms with van der Waals surface area (Å²) in [6.45, 7) is 2.13. The van der Waals surface area contributed by atoms with Gasteiger partial charge in [-0.2, -0.15) is 39.5 Å². The molecule has 0 saturated carbocycles. The van der Waals surface area contributed by atoms with Gasteiger partial charge in [0, 0.05) is 104 Å². The zero-order chi connectivity index (χ0) is 76.9. The molecule has 6 aromatic carbocycles. The Morgan fingerprint density at radius 1 is 0.387 bits per heavy atom. The number of benzene rings is 6. The van der Waals surface area contributed by atoms with Crippen molar-refractivity contribution >= 4 is 139 Å². The molecule has 12 rings (SSSR count). The predicted molar refractivity (Wildman–Crippen MR) is 386 cm³/mol. The number of rotatable bonds is 19. The van der Waals surface area contributed by atoms with Crippen LogP contribution in [0.1, 0.15) is 55.2 Å². The fourth-order valence-electron chi connectivity index (χ4n) is 10.8. The Labute approximate surface area is 608 Å². The van der Waals surface area contributed by atoms with Gasteiger partial charge in [0.25, 0.3) is 0 Å². The van der Waals surface area contributed by atoms with Crippen molar-refractivity contribution < 1.29 is 79.2 Å². The molecular weight excluding hydrogens is 1490 g/mol. The largest absolute Gasteiger partial charge is 0.419 e. The number of carbonyl (C=O) groups is 3. The summed E-state index contributed by atoms with van der Waals surface area (Å²) in [6, 6.07) is 41.3. The third-order valence-electron chi connectivity index (χ3n) is 16.1. The number of aromatic nitrogens is 3. The number of hydrogen-bond donors (Lipinski definition) is 9. The highest BCUT2D eigenvalue weighted by Gasteiger charge is 2.38. The van der Waals surface area contributed by atoms with Crippen molar-refractivity contribution in [3.05, 3.63) is 204 Å². The number of amides is 3. The summed E-state index contributed by atoms with van der Waals surface area (Å²) < 4.78 is 201. The lowest BCUT2D eigenvalue weighted by molar-refractivity contribution is -0.138. The van der Waals surface area contributed by atoms with Gasteiger partial charge in [0.05, 0.1) is 50.8 Å². The SMILES string of the molecule is CNS(=O)(=O)c1ccccc1Nc1cc(Cl)ncc1C(F)(F)F.CNS(=O)(=O)c1ccccc1Nc1cc(Nc2ccc(N3CCCC3=O)cc2)ncc1C(F)(F)F.CNS(=O)(=O)c1ccccc1Nc1cc(Nc2ccc(N3CCCC3=O)cc2)ncc1C(F)(F)F.Nc1ccc(N2CCCC2=O)cc1. The quantitative estimate of drug-likeness (QED) is 0.0206. The van der Waals surface area contributed by atoms with Crippen molar-refractivity contribution in [1.29, 1.82) is 0 Å². The van der Waals surface area contributed by atoms with E-state index in [1.165, 1.54) is 93.9 Å². The van der Waals surface area contributed by atoms with Crippen LogP contribution in [0.5, 0.6) is 0 Å². The molecule has 9 aromatic rings. The van der Waals surface area contributed by atoms with Gasteiger partial charge in [-0.3, -0.25) is 14.4 Å². The molecule has 106 heavy (non-hydrogen) atoms. The highest BCUT2D eigenvalue weighted by Crippen LogP contribution is 2.42. The third-order valence-corrected chi connectivity index (χ3v) is 20.7. The van der Waals surface area contributed by atoms with Crippen molar-refractivity contribution in [2.75, 3.05) is 87.8 Å². The average molecular weight is 1550 g/mol. The molecule has 3 aliphatic rings. The number of nitrogens with two attached hydrogens (primary N) is 1. The molecule has 0 unspecified atom stereocenters. The van der Waals surface area contributed by atoms with Gasteiger partial charge in [0.15, 0.2) is 0 Å². The molecule has 3 fully saturated rings. The molecule has 24 nitrogen and oxygen atoms in total. The summed E-state index contributed by atoms with van der Waals surface area (Å²) in [5.41, 5.74) is 5.47. The van der Waals surface area contributed by atoms with Gasteiger partial charge < -0.3 is 47.0 Å². The van der Waals surface area contributed by atoms with E-state index in [0.29, 0.717) is 62.3 Å². The molecule has 37 heteroatoms. The normalized spacial score (nSPS) is 14.1. The van der Waals surface area contributed by atoms with Crippen LogP contribution in [-0.4, -0.2) is 98.7 Å². The average Bonchev–Trinajstić information content (AvgIpc) is 0.976. The number of sulfonamides is 3. The molecule has 0 atom stereocenters. The van der Waals surface area contributed by atoms with Gasteiger partial charge in [-0.15, -0.1) is 0 Å². The molecule has 0 aliphatic carbocycles. The number of nitrogen functional groups attached to an aromatic ring is 1. The van der Waals surface area contributed by atoms with Gasteiger partial charge in [-0.1, -0.05) is 48.0 Å². The zero-order valence-electron chi connectivity index (χ0n) is 56.1. The van der Waals surface area contributed by atoms with E-state index in [4.69, 9.17) is 17.3 Å². The van der Waals surface area contributed by atoms with Crippen LogP contribution in [0.15, 0.2) is 197 Å². The number of alkyl halides is 9. The highest BCUT2D eigenvalue weighted by atomic mass is 35.5. The molecule has 560 valence electrons. The monoisotopic (exact) mass is 1550 g/mol. The van der Waals surface area contributed by atoms with E-state index in [1.54, 1.807) is 63.2 Å². The van der Waals surface area contributed by atoms with E-state index in [2.05, 4.69) is 55.7 Å². The molecule has 3 aliphatic heterocycles. The number of para-hydroxylation sites is 3. The zero-order valence-corrected chi connectivity index (χ0v) is 59.3. The van der Waals surface area contributed by atoms with Gasteiger partial charge in [0.1, 0.15) is 31.5 Å². The van der Waals surface area contributed by atoms with Crippen LogP contribution in [0.4, 0.5) is 119 Å². The maximum atomic E-state index is 13.7. The number of halogens is 10. The Hall–Kier alpha value is -10.6. The minimum Gasteiger partial charge on any atom is -0.399 e. The molecule has 3 aromatic heterocycles. The summed E-state index contributed by atoms with van der Waals surface area (Å²) in [5.74, 6) is 0.529. The minimum atomic E-state index is -4.73. The third kappa shape index (κ3) is 20.2. The first kappa shape index (κ1) is 79.5. The Morgan fingerprint density at radius 2 is 0.670 bits per heavy atom. The van der Waals surface area contributed by atoms with Crippen LogP contribution in [0.2, 0.25) is 5.15 Å². The fraction of sp³-hybridized carbons (Fsp3) is 0.217. The molecule has 0 bridgehead atoms. The molecule has 6 heterocycles. The van der Waals surface area contributed by atoms with Gasteiger partial charge >= 0.3 is 18.5 Å². The lowest BCUT2D eigenvalue weighted by atomic mass is 10.2. The summed E-state index contributed by atoms with van der Waals surface area (Å²) in [6.07, 6.45) is -7.96. The lowest BCUT2D eigenvalue weighted by Gasteiger charge is -2.18. The maximum absolute atomic E-state index is 13.7. The number of nitrogens with one attached hydrogen (secondary N) is 8. The van der Waals surface area contributed by atoms with E-state index in [1.807, 2.05) is 24.3 Å². The molecule has 0 spiro atoms. The first-order valence-corrected chi connectivity index (χ1v) is 36.7. The van der Waals surface area contributed by atoms with E-state index >= 15 is 0 Å². The van der Waals surface area contributed by atoms with Gasteiger partial charge in [-0.05, 0) is 156 Å². The highest BCUT2D eigenvalue weighted by molar-refractivity contribution is 7.90. The molecule has 3 amide bonds. The number of carbonyl (C=O) groups excluding carboxylic acids is 3. The number of nitrogens with zero attached hydrogens (tertiary/aromatic N) is 6. The van der Waals surface area contributed by atoms with Crippen LogP contribution in [-0.2, 0) is 63.0 Å². The second-order valence-corrected chi connectivity index (χ2v) is 29.1. The predicted octanol–water partition coefficient (Wildman–Crippen LogP) is 14.0. The van der Waals surface area contributed by atoms with Crippen LogP contribution in [0.3, 0.4) is 0 Å². The van der Waals surface area contributed by atoms with Crippen molar-refractivity contribution in [2.45, 2.75) is 71.7 Å². The Balaban J connectivity index is 0.000000172. The van der Waals surface area contributed by atoms with Crippen molar-refractivity contribution in [1.82, 2.24) is 29.1 Å². The number of anilines is 14. The summed E-state index contributed by atoms with van der Waals surface area (Å²) in [5, 5.41) is 13.4. The van der Waals surface area contributed by atoms with E-state index < -0.39 is 71.0 Å². The van der Waals surface area contributed by atoms with Crippen LogP contribution >= 0.6 is 11.6 Å². The molecule has 3 saturated heterocycles. The molecule has 10 N–H and O–H groups in total. The smallest absolute Gasteiger partial charge is 0.399 e. The van der Waals surface area contributed by atoms with Crippen LogP contribution in [0, 0.1) is 0 Å². The summed E-state index contributed by atoms with van der Waals surface area (Å²) in [4.78, 5) is 50.9. The maximum Gasteiger partial charge on any atom is 0.419 e. The van der Waals surface area contributed by atoms with Crippen molar-refractivity contribution in [3.63, 3.8) is 0 Å². The lowest BCUT2D eigenvalue weighted by Crippen LogP contribution is -2.23. The Bertz CT molecular complexity index is 4810. The Morgan fingerprint density at radius 3 is 0.953 bits per heavy atom. The number of pyridine rings is 3. The van der Waals surface area contributed by atoms with Crippen molar-refractivity contribution in [3.8, 4) is 0 Å². The van der Waals surface area contributed by atoms with Crippen molar-refractivity contribution in [2.24, 2.45) is 0 Å². The van der Waals surface area contributed by atoms with Crippen LogP contribution < -0.4 is 61.2 Å². The standard InChI is InChI=1S/2C23H22F3N5O3S.C13H11ClF3N3O2S.C10H12N2O/c2*1-27-35(33,34)20-6-3-2-5-18(20)30-19-13-21(28-14-17(19)23(24,25)26)29-15-8-10-16(11-9-15)31-12-4-7-22(31)32;1-18-23(21,22)11-5-3-2-4-9(11)20-10-6-12(14)19-7-8(10)13(15,16)17;11-8-3-5-9(6-4-8)12-7-1-2-10(12)13/h2*2-3,5-6,8-11,13-14,27H,4,7,12H2,1H3,(H2,28,29,30);2-7,18H,1H3,(H,19,20);3-6H,1-2,7,11H2. The first-order valence-electron chi connectivity index (χ1n) is 31.9. The van der Waals surface area contributed by atoms with Gasteiger partial charge in [0.2, 0.25) is 47.8 Å². The van der Waals surface area contributed by atoms with Crippen LogP contribution in [0.25, 0.3) is 0 Å².